The summed E-state index contributed by atoms with van der Waals surface area (Å²) in [5.41, 5.74) is 2.63. The van der Waals surface area contributed by atoms with E-state index >= 15 is 0 Å². The zero-order valence-corrected chi connectivity index (χ0v) is 14.1. The quantitative estimate of drug-likeness (QED) is 0.690. The Balaban J connectivity index is 1.83. The maximum atomic E-state index is 11.9. The van der Waals surface area contributed by atoms with Crippen molar-refractivity contribution in [2.45, 2.75) is 33.9 Å². The van der Waals surface area contributed by atoms with Crippen LogP contribution in [0.2, 0.25) is 0 Å². The number of ether oxygens (including phenoxy) is 1. The van der Waals surface area contributed by atoms with Gasteiger partial charge in [0.15, 0.2) is 5.65 Å². The van der Waals surface area contributed by atoms with Gasteiger partial charge in [-0.15, -0.1) is 0 Å². The third kappa shape index (κ3) is 3.42. The van der Waals surface area contributed by atoms with E-state index in [2.05, 4.69) is 27.1 Å². The van der Waals surface area contributed by atoms with Gasteiger partial charge in [0.05, 0.1) is 18.3 Å². The highest BCUT2D eigenvalue weighted by Gasteiger charge is 2.23. The Morgan fingerprint density at radius 3 is 2.58 bits per heavy atom. The standard InChI is InChI=1S/C18H20N4O2/c1-18(2,3)17(23)24-10-14-15-16(20-11-19-14)22(12-21-15)9-13-7-5-4-6-8-13/h4-8,11-12H,9-10H2,1-3H3. The average Bonchev–Trinajstić information content (AvgIpc) is 2.96. The smallest absolute Gasteiger partial charge is 0.311 e. The highest BCUT2D eigenvalue weighted by atomic mass is 16.5. The fourth-order valence-corrected chi connectivity index (χ4v) is 2.28. The van der Waals surface area contributed by atoms with Crippen LogP contribution in [0.3, 0.4) is 0 Å². The van der Waals surface area contributed by atoms with Gasteiger partial charge in [-0.05, 0) is 26.3 Å². The monoisotopic (exact) mass is 324 g/mol. The Morgan fingerprint density at radius 1 is 1.12 bits per heavy atom. The largest absolute Gasteiger partial charge is 0.459 e. The Kier molecular flexibility index (Phi) is 4.29. The summed E-state index contributed by atoms with van der Waals surface area (Å²) in [6.07, 6.45) is 3.22. The number of rotatable bonds is 4. The van der Waals surface area contributed by atoms with Crippen molar-refractivity contribution < 1.29 is 9.53 Å². The van der Waals surface area contributed by atoms with Gasteiger partial charge in [0.2, 0.25) is 0 Å². The summed E-state index contributed by atoms with van der Waals surface area (Å²) in [7, 11) is 0. The van der Waals surface area contributed by atoms with Crippen LogP contribution < -0.4 is 0 Å². The van der Waals surface area contributed by atoms with E-state index < -0.39 is 5.41 Å². The molecule has 0 bridgehead atoms. The summed E-state index contributed by atoms with van der Waals surface area (Å²) in [5, 5.41) is 0. The molecule has 6 nitrogen and oxygen atoms in total. The minimum atomic E-state index is -0.543. The molecule has 2 heterocycles. The molecule has 2 aromatic heterocycles. The molecule has 0 saturated carbocycles. The van der Waals surface area contributed by atoms with E-state index in [-0.39, 0.29) is 12.6 Å². The third-order valence-corrected chi connectivity index (χ3v) is 3.63. The molecule has 3 rings (SSSR count). The molecule has 6 heteroatoms. The lowest BCUT2D eigenvalue weighted by Crippen LogP contribution is -2.23. The second-order valence-corrected chi connectivity index (χ2v) is 6.68. The molecule has 1 aromatic carbocycles. The third-order valence-electron chi connectivity index (χ3n) is 3.63. The van der Waals surface area contributed by atoms with Crippen molar-refractivity contribution in [3.8, 4) is 0 Å². The van der Waals surface area contributed by atoms with Crippen molar-refractivity contribution >= 4 is 17.1 Å². The first-order valence-electron chi connectivity index (χ1n) is 7.81. The fourth-order valence-electron chi connectivity index (χ4n) is 2.28. The number of nitrogens with zero attached hydrogens (tertiary/aromatic N) is 4. The molecule has 124 valence electrons. The normalized spacial score (nSPS) is 11.6. The van der Waals surface area contributed by atoms with E-state index in [1.54, 1.807) is 6.33 Å². The van der Waals surface area contributed by atoms with Crippen LogP contribution in [0, 0.1) is 5.41 Å². The maximum Gasteiger partial charge on any atom is 0.311 e. The predicted molar refractivity (Wildman–Crippen MR) is 90.1 cm³/mol. The van der Waals surface area contributed by atoms with Crippen LogP contribution in [0.15, 0.2) is 43.0 Å². The highest BCUT2D eigenvalue weighted by Crippen LogP contribution is 2.19. The van der Waals surface area contributed by atoms with Crippen molar-refractivity contribution in [3.63, 3.8) is 0 Å². The van der Waals surface area contributed by atoms with E-state index in [9.17, 15) is 4.79 Å². The molecule has 0 amide bonds. The topological polar surface area (TPSA) is 69.9 Å². The molecule has 0 atom stereocenters. The molecule has 0 fully saturated rings. The van der Waals surface area contributed by atoms with Crippen LogP contribution in [-0.4, -0.2) is 25.5 Å². The second-order valence-electron chi connectivity index (χ2n) is 6.68. The minimum absolute atomic E-state index is 0.0947. The summed E-state index contributed by atoms with van der Waals surface area (Å²) in [6, 6.07) is 10.1. The highest BCUT2D eigenvalue weighted by molar-refractivity contribution is 5.76. The van der Waals surface area contributed by atoms with Gasteiger partial charge in [-0.2, -0.15) is 0 Å². The lowest BCUT2D eigenvalue weighted by Gasteiger charge is -2.16. The van der Waals surface area contributed by atoms with Gasteiger partial charge in [0.25, 0.3) is 0 Å². The van der Waals surface area contributed by atoms with Crippen molar-refractivity contribution in [2.24, 2.45) is 5.41 Å². The molecule has 0 N–H and O–H groups in total. The first-order valence-corrected chi connectivity index (χ1v) is 7.81. The van der Waals surface area contributed by atoms with Crippen LogP contribution in [0.5, 0.6) is 0 Å². The van der Waals surface area contributed by atoms with Crippen molar-refractivity contribution in [1.29, 1.82) is 0 Å². The first kappa shape index (κ1) is 16.1. The van der Waals surface area contributed by atoms with Gasteiger partial charge in [-0.3, -0.25) is 4.79 Å². The fraction of sp³-hybridized carbons (Fsp3) is 0.333. The van der Waals surface area contributed by atoms with Crippen LogP contribution in [0.1, 0.15) is 32.0 Å². The zero-order valence-electron chi connectivity index (χ0n) is 14.1. The summed E-state index contributed by atoms with van der Waals surface area (Å²) < 4.78 is 7.31. The predicted octanol–water partition coefficient (Wildman–Crippen LogP) is 2.96. The maximum absolute atomic E-state index is 11.9. The molecule has 0 radical (unpaired) electrons. The molecular weight excluding hydrogens is 304 g/mol. The van der Waals surface area contributed by atoms with Crippen molar-refractivity contribution in [1.82, 2.24) is 19.5 Å². The van der Waals surface area contributed by atoms with Crippen molar-refractivity contribution in [2.75, 3.05) is 0 Å². The number of carbonyl (C=O) groups is 1. The Bertz CT molecular complexity index is 850. The summed E-state index contributed by atoms with van der Waals surface area (Å²) in [6.45, 7) is 6.23. The number of hydrogen-bond acceptors (Lipinski definition) is 5. The number of fused-ring (bicyclic) bond motifs is 1. The van der Waals surface area contributed by atoms with Crippen LogP contribution >= 0.6 is 0 Å². The molecule has 24 heavy (non-hydrogen) atoms. The molecule has 0 aliphatic rings. The summed E-state index contributed by atoms with van der Waals surface area (Å²) in [5.74, 6) is -0.266. The number of imidazole rings is 1. The average molecular weight is 324 g/mol. The van der Waals surface area contributed by atoms with Crippen LogP contribution in [-0.2, 0) is 22.7 Å². The number of benzene rings is 1. The Labute approximate surface area is 140 Å². The van der Waals surface area contributed by atoms with E-state index in [1.165, 1.54) is 6.33 Å². The number of hydrogen-bond donors (Lipinski definition) is 0. The van der Waals surface area contributed by atoms with Gasteiger partial charge >= 0.3 is 5.97 Å². The van der Waals surface area contributed by atoms with E-state index in [4.69, 9.17) is 4.74 Å². The molecule has 0 spiro atoms. The van der Waals surface area contributed by atoms with Crippen LogP contribution in [0.25, 0.3) is 11.2 Å². The Hall–Kier alpha value is -2.76. The van der Waals surface area contributed by atoms with Gasteiger partial charge < -0.3 is 9.30 Å². The molecule has 0 saturated heterocycles. The molecule has 3 aromatic rings. The minimum Gasteiger partial charge on any atom is -0.459 e. The number of carbonyl (C=O) groups excluding carboxylic acids is 1. The first-order chi connectivity index (χ1) is 11.4. The summed E-state index contributed by atoms with van der Waals surface area (Å²) in [4.78, 5) is 24.9. The molecule has 0 unspecified atom stereocenters. The SMILES string of the molecule is CC(C)(C)C(=O)OCc1ncnc2c1ncn2Cc1ccccc1. The van der Waals surface area contributed by atoms with Gasteiger partial charge in [-0.1, -0.05) is 30.3 Å². The number of aromatic nitrogens is 4. The lowest BCUT2D eigenvalue weighted by atomic mass is 9.97. The Morgan fingerprint density at radius 2 is 1.88 bits per heavy atom. The van der Waals surface area contributed by atoms with Gasteiger partial charge in [0, 0.05) is 0 Å². The van der Waals surface area contributed by atoms with E-state index in [1.807, 2.05) is 43.5 Å². The van der Waals surface area contributed by atoms with Gasteiger partial charge in [-0.25, -0.2) is 15.0 Å². The zero-order chi connectivity index (χ0) is 17.2. The number of esters is 1. The van der Waals surface area contributed by atoms with Crippen molar-refractivity contribution in [3.05, 3.63) is 54.2 Å². The van der Waals surface area contributed by atoms with E-state index in [0.717, 1.165) is 11.2 Å². The lowest BCUT2D eigenvalue weighted by molar-refractivity contribution is -0.154. The second kappa shape index (κ2) is 6.39. The van der Waals surface area contributed by atoms with Crippen LogP contribution in [0.4, 0.5) is 0 Å². The molecular formula is C18H20N4O2. The molecule has 0 aliphatic heterocycles. The summed E-state index contributed by atoms with van der Waals surface area (Å²) >= 11 is 0. The van der Waals surface area contributed by atoms with E-state index in [0.29, 0.717) is 17.8 Å². The van der Waals surface area contributed by atoms with Gasteiger partial charge in [0.1, 0.15) is 24.1 Å². The molecule has 0 aliphatic carbocycles.